The molecule has 4 rings (SSSR count). The van der Waals surface area contributed by atoms with Gasteiger partial charge >= 0.3 is 0 Å². The Hall–Kier alpha value is -2.25. The van der Waals surface area contributed by atoms with Gasteiger partial charge < -0.3 is 5.32 Å². The summed E-state index contributed by atoms with van der Waals surface area (Å²) in [6.45, 7) is 7.18. The Morgan fingerprint density at radius 1 is 1.28 bits per heavy atom. The van der Waals surface area contributed by atoms with Gasteiger partial charge in [-0.15, -0.1) is 0 Å². The molecule has 1 N–H and O–H groups in total. The van der Waals surface area contributed by atoms with Crippen molar-refractivity contribution >= 4 is 39.3 Å². The van der Waals surface area contributed by atoms with Gasteiger partial charge in [-0.05, 0) is 58.5 Å². The Balaban J connectivity index is 1.59. The maximum Gasteiger partial charge on any atom is 0.232 e. The molecule has 1 atom stereocenters. The van der Waals surface area contributed by atoms with Gasteiger partial charge in [0.05, 0.1) is 17.1 Å². The molecular formula is C21H21BrClN5O. The lowest BCUT2D eigenvalue weighted by Gasteiger charge is -2.15. The Morgan fingerprint density at radius 3 is 2.83 bits per heavy atom. The van der Waals surface area contributed by atoms with E-state index in [4.69, 9.17) is 11.6 Å². The van der Waals surface area contributed by atoms with Crippen LogP contribution in [0.3, 0.4) is 0 Å². The fourth-order valence-corrected chi connectivity index (χ4v) is 4.25. The zero-order valence-corrected chi connectivity index (χ0v) is 18.8. The van der Waals surface area contributed by atoms with Gasteiger partial charge in [0, 0.05) is 35.8 Å². The molecule has 1 unspecified atom stereocenters. The van der Waals surface area contributed by atoms with Crippen LogP contribution in [0.15, 0.2) is 41.4 Å². The highest BCUT2D eigenvalue weighted by Gasteiger charge is 2.32. The predicted octanol–water partition coefficient (Wildman–Crippen LogP) is 5.08. The summed E-state index contributed by atoms with van der Waals surface area (Å²) in [4.78, 5) is 21.1. The molecule has 0 aromatic carbocycles. The first kappa shape index (κ1) is 20.0. The van der Waals surface area contributed by atoms with Gasteiger partial charge in [-0.2, -0.15) is 5.10 Å². The normalized spacial score (nSPS) is 15.8. The molecular weight excluding hydrogens is 454 g/mol. The average molecular weight is 475 g/mol. The van der Waals surface area contributed by atoms with Gasteiger partial charge in [-0.1, -0.05) is 25.4 Å². The smallest absolute Gasteiger partial charge is 0.232 e. The van der Waals surface area contributed by atoms with E-state index in [2.05, 4.69) is 50.2 Å². The maximum absolute atomic E-state index is 12.7. The molecule has 1 aliphatic rings. The second-order valence-corrected chi connectivity index (χ2v) is 9.40. The summed E-state index contributed by atoms with van der Waals surface area (Å²) in [6.07, 6.45) is 6.01. The van der Waals surface area contributed by atoms with Crippen LogP contribution in [-0.4, -0.2) is 25.7 Å². The van der Waals surface area contributed by atoms with E-state index < -0.39 is 0 Å². The largest absolute Gasteiger partial charge is 0.310 e. The number of carbonyl (C=O) groups excluding carboxylic acids is 1. The summed E-state index contributed by atoms with van der Waals surface area (Å²) in [7, 11) is 0. The standard InChI is InChI=1S/C21H21BrClN5O/c1-12(13-4-5-24-18(22)6-13)20(29)27-19-7-14(16(23)10-25-19)15-9-26-28-11-21(2,3)8-17(15)28/h4-7,9-10,12H,8,11H2,1-3H3,(H,25,27,29). The minimum atomic E-state index is -0.351. The lowest BCUT2D eigenvalue weighted by Crippen LogP contribution is -2.19. The minimum absolute atomic E-state index is 0.148. The Bertz CT molecular complexity index is 1090. The molecule has 0 radical (unpaired) electrons. The molecule has 150 valence electrons. The van der Waals surface area contributed by atoms with E-state index in [1.807, 2.05) is 36.0 Å². The van der Waals surface area contributed by atoms with E-state index in [1.165, 1.54) is 0 Å². The Morgan fingerprint density at radius 2 is 2.07 bits per heavy atom. The SMILES string of the molecule is CC(C(=O)Nc1cc(-c2cnn3c2CC(C)(C)C3)c(Cl)cn1)c1ccnc(Br)c1. The average Bonchev–Trinajstić information content (AvgIpc) is 3.17. The van der Waals surface area contributed by atoms with Crippen LogP contribution in [0, 0.1) is 5.41 Å². The number of anilines is 1. The van der Waals surface area contributed by atoms with E-state index >= 15 is 0 Å². The van der Waals surface area contributed by atoms with Crippen molar-refractivity contribution in [1.29, 1.82) is 0 Å². The zero-order chi connectivity index (χ0) is 20.8. The van der Waals surface area contributed by atoms with Crippen molar-refractivity contribution in [2.45, 2.75) is 39.7 Å². The summed E-state index contributed by atoms with van der Waals surface area (Å²) in [5.74, 6) is -0.0340. The number of nitrogens with one attached hydrogen (secondary N) is 1. The molecule has 29 heavy (non-hydrogen) atoms. The van der Waals surface area contributed by atoms with Crippen molar-refractivity contribution in [3.05, 3.63) is 57.7 Å². The Labute approximate surface area is 182 Å². The van der Waals surface area contributed by atoms with Gasteiger partial charge in [0.15, 0.2) is 0 Å². The first-order valence-corrected chi connectivity index (χ1v) is 10.5. The van der Waals surface area contributed by atoms with Crippen molar-refractivity contribution in [2.75, 3.05) is 5.32 Å². The highest BCUT2D eigenvalue weighted by atomic mass is 79.9. The third-order valence-electron chi connectivity index (χ3n) is 5.21. The number of aromatic nitrogens is 4. The van der Waals surface area contributed by atoms with Crippen LogP contribution < -0.4 is 5.32 Å². The number of nitrogens with zero attached hydrogens (tertiary/aromatic N) is 4. The lowest BCUT2D eigenvalue weighted by molar-refractivity contribution is -0.117. The number of hydrogen-bond donors (Lipinski definition) is 1. The van der Waals surface area contributed by atoms with Crippen LogP contribution in [0.25, 0.3) is 11.1 Å². The quantitative estimate of drug-likeness (QED) is 0.535. The highest BCUT2D eigenvalue weighted by molar-refractivity contribution is 9.10. The van der Waals surface area contributed by atoms with E-state index in [0.717, 1.165) is 35.3 Å². The fourth-order valence-electron chi connectivity index (χ4n) is 3.66. The first-order valence-electron chi connectivity index (χ1n) is 9.36. The van der Waals surface area contributed by atoms with Crippen molar-refractivity contribution in [1.82, 2.24) is 19.7 Å². The molecule has 1 aliphatic heterocycles. The van der Waals surface area contributed by atoms with Crippen LogP contribution in [0.4, 0.5) is 5.82 Å². The number of carbonyl (C=O) groups is 1. The van der Waals surface area contributed by atoms with E-state index in [0.29, 0.717) is 15.4 Å². The van der Waals surface area contributed by atoms with Crippen molar-refractivity contribution in [3.8, 4) is 11.1 Å². The molecule has 0 bridgehead atoms. The maximum atomic E-state index is 12.7. The summed E-state index contributed by atoms with van der Waals surface area (Å²) in [6, 6.07) is 5.48. The third kappa shape index (κ3) is 4.07. The summed E-state index contributed by atoms with van der Waals surface area (Å²) in [5, 5.41) is 7.95. The highest BCUT2D eigenvalue weighted by Crippen LogP contribution is 2.39. The molecule has 4 heterocycles. The number of rotatable bonds is 4. The monoisotopic (exact) mass is 473 g/mol. The minimum Gasteiger partial charge on any atom is -0.310 e. The predicted molar refractivity (Wildman–Crippen MR) is 117 cm³/mol. The molecule has 0 saturated carbocycles. The van der Waals surface area contributed by atoms with Crippen LogP contribution >= 0.6 is 27.5 Å². The van der Waals surface area contributed by atoms with Gasteiger partial charge in [0.25, 0.3) is 0 Å². The lowest BCUT2D eigenvalue weighted by atomic mass is 9.89. The molecule has 8 heteroatoms. The number of fused-ring (bicyclic) bond motifs is 1. The van der Waals surface area contributed by atoms with Gasteiger partial charge in [0.1, 0.15) is 10.4 Å². The van der Waals surface area contributed by atoms with Crippen molar-refractivity contribution in [3.63, 3.8) is 0 Å². The molecule has 0 spiro atoms. The summed E-state index contributed by atoms with van der Waals surface area (Å²) in [5.41, 5.74) is 4.02. The van der Waals surface area contributed by atoms with E-state index in [9.17, 15) is 4.79 Å². The first-order chi connectivity index (χ1) is 13.7. The summed E-state index contributed by atoms with van der Waals surface area (Å²) < 4.78 is 2.73. The van der Waals surface area contributed by atoms with E-state index in [1.54, 1.807) is 12.4 Å². The number of pyridine rings is 2. The molecule has 3 aromatic rings. The van der Waals surface area contributed by atoms with Crippen LogP contribution in [0.5, 0.6) is 0 Å². The summed E-state index contributed by atoms with van der Waals surface area (Å²) >= 11 is 9.79. The van der Waals surface area contributed by atoms with Crippen molar-refractivity contribution in [2.24, 2.45) is 5.41 Å². The Kier molecular flexibility index (Phi) is 5.21. The van der Waals surface area contributed by atoms with Gasteiger partial charge in [0.2, 0.25) is 5.91 Å². The third-order valence-corrected chi connectivity index (χ3v) is 5.95. The molecule has 0 aliphatic carbocycles. The number of halogens is 2. The molecule has 3 aromatic heterocycles. The van der Waals surface area contributed by atoms with Gasteiger partial charge in [-0.3, -0.25) is 9.48 Å². The van der Waals surface area contributed by atoms with Gasteiger partial charge in [-0.25, -0.2) is 9.97 Å². The molecule has 0 fully saturated rings. The van der Waals surface area contributed by atoms with Crippen LogP contribution in [0.2, 0.25) is 5.02 Å². The fraction of sp³-hybridized carbons (Fsp3) is 0.333. The molecule has 0 saturated heterocycles. The van der Waals surface area contributed by atoms with Crippen LogP contribution in [-0.2, 0) is 17.8 Å². The van der Waals surface area contributed by atoms with Crippen molar-refractivity contribution < 1.29 is 4.79 Å². The zero-order valence-electron chi connectivity index (χ0n) is 16.4. The van der Waals surface area contributed by atoms with Crippen LogP contribution in [0.1, 0.15) is 37.9 Å². The molecule has 1 amide bonds. The second-order valence-electron chi connectivity index (χ2n) is 8.18. The molecule has 6 nitrogen and oxygen atoms in total. The van der Waals surface area contributed by atoms with E-state index in [-0.39, 0.29) is 17.2 Å². The number of hydrogen-bond acceptors (Lipinski definition) is 4. The number of amides is 1. The second kappa shape index (κ2) is 7.54. The topological polar surface area (TPSA) is 72.7 Å².